The molecule has 5 heteroatoms. The average Bonchev–Trinajstić information content (AvgIpc) is 2.94. The SMILES string of the molecule is CN=C(NCc1ccc(Cl)cc1)SC1(C=O)CCCC1. The molecule has 0 spiro atoms. The van der Waals surface area contributed by atoms with Gasteiger partial charge in [0.2, 0.25) is 0 Å². The van der Waals surface area contributed by atoms with Crippen molar-refractivity contribution < 1.29 is 4.79 Å². The number of nitrogens with zero attached hydrogens (tertiary/aromatic N) is 1. The zero-order chi connectivity index (χ0) is 14.4. The van der Waals surface area contributed by atoms with E-state index >= 15 is 0 Å². The highest BCUT2D eigenvalue weighted by Crippen LogP contribution is 2.40. The van der Waals surface area contributed by atoms with E-state index in [0.29, 0.717) is 6.54 Å². The van der Waals surface area contributed by atoms with Crippen LogP contribution in [0.5, 0.6) is 0 Å². The summed E-state index contributed by atoms with van der Waals surface area (Å²) in [7, 11) is 1.75. The summed E-state index contributed by atoms with van der Waals surface area (Å²) >= 11 is 7.43. The molecule has 0 aliphatic heterocycles. The molecule has 1 aliphatic rings. The van der Waals surface area contributed by atoms with Gasteiger partial charge < -0.3 is 10.1 Å². The fraction of sp³-hybridized carbons (Fsp3) is 0.467. The van der Waals surface area contributed by atoms with Gasteiger partial charge in [-0.05, 0) is 30.5 Å². The minimum atomic E-state index is -0.276. The molecule has 0 unspecified atom stereocenters. The minimum Gasteiger partial charge on any atom is -0.361 e. The van der Waals surface area contributed by atoms with Crippen LogP contribution in [0.3, 0.4) is 0 Å². The van der Waals surface area contributed by atoms with Gasteiger partial charge in [0.25, 0.3) is 0 Å². The van der Waals surface area contributed by atoms with Gasteiger partial charge in [0.05, 0.1) is 4.75 Å². The molecular formula is C15H19ClN2OS. The molecule has 1 N–H and O–H groups in total. The van der Waals surface area contributed by atoms with Gasteiger partial charge in [0, 0.05) is 18.6 Å². The molecule has 1 aliphatic carbocycles. The first-order chi connectivity index (χ1) is 9.67. The number of amidine groups is 1. The van der Waals surface area contributed by atoms with Crippen molar-refractivity contribution in [3.63, 3.8) is 0 Å². The number of carbonyl (C=O) groups is 1. The number of thioether (sulfide) groups is 1. The fourth-order valence-corrected chi connectivity index (χ4v) is 3.64. The van der Waals surface area contributed by atoms with Crippen molar-refractivity contribution in [1.82, 2.24) is 5.32 Å². The third-order valence-corrected chi connectivity index (χ3v) is 5.21. The van der Waals surface area contributed by atoms with Gasteiger partial charge >= 0.3 is 0 Å². The first kappa shape index (κ1) is 15.4. The summed E-state index contributed by atoms with van der Waals surface area (Å²) in [6.07, 6.45) is 5.24. The quantitative estimate of drug-likeness (QED) is 0.524. The number of hydrogen-bond acceptors (Lipinski definition) is 3. The van der Waals surface area contributed by atoms with Gasteiger partial charge in [-0.3, -0.25) is 4.99 Å². The van der Waals surface area contributed by atoms with Crippen LogP contribution in [0.15, 0.2) is 29.3 Å². The molecule has 3 nitrogen and oxygen atoms in total. The first-order valence-electron chi connectivity index (χ1n) is 6.78. The lowest BCUT2D eigenvalue weighted by Gasteiger charge is -2.22. The number of rotatable bonds is 4. The Balaban J connectivity index is 1.92. The first-order valence-corrected chi connectivity index (χ1v) is 7.97. The Bertz CT molecular complexity index is 481. The molecule has 1 fully saturated rings. The van der Waals surface area contributed by atoms with Gasteiger partial charge in [-0.15, -0.1) is 0 Å². The largest absolute Gasteiger partial charge is 0.361 e. The van der Waals surface area contributed by atoms with Crippen molar-refractivity contribution >= 4 is 34.8 Å². The zero-order valence-corrected chi connectivity index (χ0v) is 13.1. The van der Waals surface area contributed by atoms with Crippen LogP contribution in [-0.4, -0.2) is 23.2 Å². The highest BCUT2D eigenvalue weighted by molar-refractivity contribution is 8.15. The Morgan fingerprint density at radius 2 is 2.05 bits per heavy atom. The fourth-order valence-electron chi connectivity index (χ4n) is 2.35. The second-order valence-electron chi connectivity index (χ2n) is 5.00. The van der Waals surface area contributed by atoms with Crippen LogP contribution in [0.1, 0.15) is 31.2 Å². The van der Waals surface area contributed by atoms with Crippen molar-refractivity contribution in [1.29, 1.82) is 0 Å². The highest BCUT2D eigenvalue weighted by Gasteiger charge is 2.35. The number of carbonyl (C=O) groups excluding carboxylic acids is 1. The van der Waals surface area contributed by atoms with Crippen LogP contribution < -0.4 is 5.32 Å². The molecule has 0 radical (unpaired) electrons. The predicted octanol–water partition coefficient (Wildman–Crippen LogP) is 3.66. The molecule has 0 aromatic heterocycles. The Hall–Kier alpha value is -1.00. The summed E-state index contributed by atoms with van der Waals surface area (Å²) in [5.74, 6) is 0. The predicted molar refractivity (Wildman–Crippen MR) is 86.5 cm³/mol. The Kier molecular flexibility index (Phi) is 5.49. The monoisotopic (exact) mass is 310 g/mol. The van der Waals surface area contributed by atoms with Crippen LogP contribution in [0.2, 0.25) is 5.02 Å². The summed E-state index contributed by atoms with van der Waals surface area (Å²) in [5, 5.41) is 4.86. The molecule has 20 heavy (non-hydrogen) atoms. The van der Waals surface area contributed by atoms with E-state index in [1.807, 2.05) is 24.3 Å². The zero-order valence-electron chi connectivity index (χ0n) is 11.6. The third-order valence-electron chi connectivity index (χ3n) is 3.52. The summed E-state index contributed by atoms with van der Waals surface area (Å²) in [4.78, 5) is 15.6. The third kappa shape index (κ3) is 4.00. The van der Waals surface area contributed by atoms with Crippen molar-refractivity contribution in [2.45, 2.75) is 37.0 Å². The number of aldehydes is 1. The van der Waals surface area contributed by atoms with Crippen molar-refractivity contribution in [3.05, 3.63) is 34.9 Å². The average molecular weight is 311 g/mol. The maximum absolute atomic E-state index is 11.4. The number of hydrogen-bond donors (Lipinski definition) is 1. The molecule has 0 bridgehead atoms. The lowest BCUT2D eigenvalue weighted by molar-refractivity contribution is -0.109. The van der Waals surface area contributed by atoms with Crippen LogP contribution in [0.4, 0.5) is 0 Å². The van der Waals surface area contributed by atoms with Gasteiger partial charge in [-0.1, -0.05) is 48.3 Å². The van der Waals surface area contributed by atoms with Gasteiger partial charge in [-0.2, -0.15) is 0 Å². The molecule has 0 amide bonds. The van der Waals surface area contributed by atoms with Crippen molar-refractivity contribution in [2.75, 3.05) is 7.05 Å². The van der Waals surface area contributed by atoms with Crippen LogP contribution in [0.25, 0.3) is 0 Å². The topological polar surface area (TPSA) is 41.5 Å². The molecule has 0 atom stereocenters. The number of halogens is 1. The highest BCUT2D eigenvalue weighted by atomic mass is 35.5. The number of aliphatic imine (C=N–C) groups is 1. The van der Waals surface area contributed by atoms with E-state index in [0.717, 1.165) is 47.7 Å². The van der Waals surface area contributed by atoms with E-state index < -0.39 is 0 Å². The van der Waals surface area contributed by atoms with Gasteiger partial charge in [-0.25, -0.2) is 0 Å². The lowest BCUT2D eigenvalue weighted by atomic mass is 10.1. The van der Waals surface area contributed by atoms with Gasteiger partial charge in [0.1, 0.15) is 6.29 Å². The van der Waals surface area contributed by atoms with E-state index in [-0.39, 0.29) is 4.75 Å². The molecule has 108 valence electrons. The van der Waals surface area contributed by atoms with E-state index in [4.69, 9.17) is 11.6 Å². The summed E-state index contributed by atoms with van der Waals surface area (Å²) < 4.78 is -0.276. The van der Waals surface area contributed by atoms with E-state index in [9.17, 15) is 4.79 Å². The molecule has 1 saturated carbocycles. The molecular weight excluding hydrogens is 292 g/mol. The smallest absolute Gasteiger partial charge is 0.157 e. The van der Waals surface area contributed by atoms with Crippen LogP contribution in [-0.2, 0) is 11.3 Å². The van der Waals surface area contributed by atoms with Crippen LogP contribution in [0, 0.1) is 0 Å². The molecule has 0 heterocycles. The molecule has 1 aromatic carbocycles. The minimum absolute atomic E-state index is 0.276. The number of benzene rings is 1. The van der Waals surface area contributed by atoms with Crippen molar-refractivity contribution in [2.24, 2.45) is 4.99 Å². The Morgan fingerprint density at radius 1 is 1.40 bits per heavy atom. The summed E-state index contributed by atoms with van der Waals surface area (Å²) in [6, 6.07) is 7.72. The molecule has 0 saturated heterocycles. The van der Waals surface area contributed by atoms with Gasteiger partial charge in [0.15, 0.2) is 5.17 Å². The van der Waals surface area contributed by atoms with Crippen LogP contribution >= 0.6 is 23.4 Å². The Labute approximate surface area is 129 Å². The summed E-state index contributed by atoms with van der Waals surface area (Å²) in [5.41, 5.74) is 1.14. The Morgan fingerprint density at radius 3 is 2.60 bits per heavy atom. The normalized spacial score (nSPS) is 18.0. The van der Waals surface area contributed by atoms with Crippen molar-refractivity contribution in [3.8, 4) is 0 Å². The molecule has 2 rings (SSSR count). The number of nitrogens with one attached hydrogen (secondary N) is 1. The molecule has 1 aromatic rings. The maximum atomic E-state index is 11.4. The second-order valence-corrected chi connectivity index (χ2v) is 6.84. The maximum Gasteiger partial charge on any atom is 0.157 e. The standard InChI is InChI=1S/C15H19ClN2OS/c1-17-14(20-15(11-19)8-2-3-9-15)18-10-12-4-6-13(16)7-5-12/h4-7,11H,2-3,8-10H2,1H3,(H,17,18). The van der Waals surface area contributed by atoms with E-state index in [1.54, 1.807) is 18.8 Å². The summed E-state index contributed by atoms with van der Waals surface area (Å²) in [6.45, 7) is 0.686. The van der Waals surface area contributed by atoms with E-state index in [2.05, 4.69) is 10.3 Å². The lowest BCUT2D eigenvalue weighted by Crippen LogP contribution is -2.30. The van der Waals surface area contributed by atoms with E-state index in [1.165, 1.54) is 0 Å². The second kappa shape index (κ2) is 7.14.